The molecule has 13 heavy (non-hydrogen) atoms. The monoisotopic (exact) mass is 200 g/mol. The summed E-state index contributed by atoms with van der Waals surface area (Å²) in [7, 11) is 0. The number of thiol groups is 1. The lowest BCUT2D eigenvalue weighted by atomic mass is 10.2. The molecule has 0 aliphatic rings. The average Bonchev–Trinajstić information content (AvgIpc) is 2.16. The van der Waals surface area contributed by atoms with Crippen molar-refractivity contribution in [2.75, 3.05) is 6.61 Å². The smallest absolute Gasteiger partial charge is 0.193 e. The molecule has 0 spiro atoms. The van der Waals surface area contributed by atoms with Crippen molar-refractivity contribution < 1.29 is 4.74 Å². The summed E-state index contributed by atoms with van der Waals surface area (Å²) < 4.78 is 5.14. The summed E-state index contributed by atoms with van der Waals surface area (Å²) in [6.45, 7) is 2.49. The zero-order chi connectivity index (χ0) is 10.1. The molecule has 0 saturated heterocycles. The van der Waals surface area contributed by atoms with E-state index < -0.39 is 0 Å². The van der Waals surface area contributed by atoms with E-state index in [1.54, 1.807) is 0 Å². The van der Waals surface area contributed by atoms with E-state index in [1.807, 2.05) is 6.92 Å². The van der Waals surface area contributed by atoms with Crippen molar-refractivity contribution in [3.8, 4) is 6.07 Å². The second-order valence-electron chi connectivity index (χ2n) is 2.75. The Labute approximate surface area is 85.0 Å². The number of nitriles is 1. The zero-order valence-corrected chi connectivity index (χ0v) is 8.81. The fraction of sp³-hybridized carbons (Fsp3) is 0.778. The Kier molecular flexibility index (Phi) is 7.51. The van der Waals surface area contributed by atoms with Gasteiger partial charge in [-0.15, -0.1) is 0 Å². The quantitative estimate of drug-likeness (QED) is 0.299. The summed E-state index contributed by atoms with van der Waals surface area (Å²) in [6, 6.07) is 2.07. The molecule has 0 heterocycles. The minimum atomic E-state index is -0.0871. The predicted octanol–water partition coefficient (Wildman–Crippen LogP) is 2.38. The van der Waals surface area contributed by atoms with E-state index in [-0.39, 0.29) is 11.1 Å². The minimum Gasteiger partial charge on any atom is -0.480 e. The molecule has 0 aromatic rings. The van der Waals surface area contributed by atoms with Crippen LogP contribution in [-0.2, 0) is 4.74 Å². The Morgan fingerprint density at radius 3 is 2.85 bits per heavy atom. The van der Waals surface area contributed by atoms with Gasteiger partial charge >= 0.3 is 0 Å². The number of unbranched alkanes of at least 4 members (excludes halogenated alkanes) is 2. The van der Waals surface area contributed by atoms with Crippen LogP contribution >= 0.6 is 12.6 Å². The Morgan fingerprint density at radius 1 is 1.62 bits per heavy atom. The second-order valence-corrected chi connectivity index (χ2v) is 3.38. The van der Waals surface area contributed by atoms with Gasteiger partial charge in [0.25, 0.3) is 0 Å². The van der Waals surface area contributed by atoms with Crippen molar-refractivity contribution in [3.05, 3.63) is 0 Å². The van der Waals surface area contributed by atoms with Crippen molar-refractivity contribution in [1.29, 1.82) is 10.7 Å². The topological polar surface area (TPSA) is 56.9 Å². The maximum Gasteiger partial charge on any atom is 0.193 e. The van der Waals surface area contributed by atoms with Crippen LogP contribution in [0.4, 0.5) is 0 Å². The van der Waals surface area contributed by atoms with Gasteiger partial charge in [0, 0.05) is 6.42 Å². The fourth-order valence-electron chi connectivity index (χ4n) is 0.770. The van der Waals surface area contributed by atoms with Gasteiger partial charge in [0.1, 0.15) is 0 Å². The van der Waals surface area contributed by atoms with Crippen LogP contribution in [0.1, 0.15) is 32.6 Å². The first-order valence-electron chi connectivity index (χ1n) is 4.48. The van der Waals surface area contributed by atoms with Gasteiger partial charge < -0.3 is 4.74 Å². The highest BCUT2D eigenvalue weighted by Gasteiger charge is 2.07. The van der Waals surface area contributed by atoms with Crippen LogP contribution in [0.3, 0.4) is 0 Å². The number of rotatable bonds is 6. The summed E-state index contributed by atoms with van der Waals surface area (Å²) in [5, 5.41) is 15.6. The fourth-order valence-corrected chi connectivity index (χ4v) is 0.844. The van der Waals surface area contributed by atoms with Gasteiger partial charge in [0.05, 0.1) is 17.9 Å². The van der Waals surface area contributed by atoms with Crippen molar-refractivity contribution in [3.63, 3.8) is 0 Å². The van der Waals surface area contributed by atoms with Crippen LogP contribution in [-0.4, -0.2) is 17.8 Å². The first-order chi connectivity index (χ1) is 6.22. The van der Waals surface area contributed by atoms with Crippen molar-refractivity contribution in [1.82, 2.24) is 0 Å². The third-order valence-corrected chi connectivity index (χ3v) is 2.23. The van der Waals surface area contributed by atoms with E-state index >= 15 is 0 Å². The first-order valence-corrected chi connectivity index (χ1v) is 5.00. The molecular weight excluding hydrogens is 184 g/mol. The molecule has 0 fully saturated rings. The molecule has 0 aromatic heterocycles. The summed E-state index contributed by atoms with van der Waals surface area (Å²) >= 11 is 4.17. The molecule has 0 aliphatic heterocycles. The molecular formula is C9H16N2OS. The van der Waals surface area contributed by atoms with Gasteiger partial charge in [-0.25, -0.2) is 0 Å². The molecule has 0 aliphatic carbocycles. The highest BCUT2D eigenvalue weighted by Crippen LogP contribution is 2.04. The van der Waals surface area contributed by atoms with Crippen molar-refractivity contribution in [2.24, 2.45) is 0 Å². The largest absolute Gasteiger partial charge is 0.480 e. The first kappa shape index (κ1) is 12.3. The van der Waals surface area contributed by atoms with Gasteiger partial charge in [0.15, 0.2) is 5.90 Å². The van der Waals surface area contributed by atoms with Crippen LogP contribution in [0, 0.1) is 16.7 Å². The van der Waals surface area contributed by atoms with E-state index in [2.05, 4.69) is 18.7 Å². The maximum absolute atomic E-state index is 8.26. The molecule has 1 N–H and O–H groups in total. The standard InChI is InChI=1S/C9H16N2OS/c1-2-8(13)9(11)12-7-5-3-4-6-10/h8,11,13H,2-5,7H2,1H3. The number of nitrogens with zero attached hydrogens (tertiary/aromatic N) is 1. The molecule has 0 radical (unpaired) electrons. The predicted molar refractivity (Wildman–Crippen MR) is 56.2 cm³/mol. The zero-order valence-electron chi connectivity index (χ0n) is 7.92. The summed E-state index contributed by atoms with van der Waals surface area (Å²) in [5.74, 6) is 0.239. The van der Waals surface area contributed by atoms with Crippen molar-refractivity contribution >= 4 is 18.5 Å². The van der Waals surface area contributed by atoms with Crippen LogP contribution in [0.25, 0.3) is 0 Å². The number of nitrogens with one attached hydrogen (secondary N) is 1. The van der Waals surface area contributed by atoms with E-state index in [0.717, 1.165) is 19.3 Å². The third kappa shape index (κ3) is 6.47. The Hall–Kier alpha value is -0.690. The van der Waals surface area contributed by atoms with E-state index in [0.29, 0.717) is 13.0 Å². The van der Waals surface area contributed by atoms with E-state index in [4.69, 9.17) is 15.4 Å². The van der Waals surface area contributed by atoms with Gasteiger partial charge in [-0.3, -0.25) is 5.41 Å². The lowest BCUT2D eigenvalue weighted by Gasteiger charge is -2.10. The summed E-state index contributed by atoms with van der Waals surface area (Å²) in [4.78, 5) is 0. The highest BCUT2D eigenvalue weighted by atomic mass is 32.1. The number of ether oxygens (including phenoxy) is 1. The molecule has 0 amide bonds. The molecule has 3 nitrogen and oxygen atoms in total. The molecule has 1 unspecified atom stereocenters. The Balaban J connectivity index is 3.33. The molecule has 0 rings (SSSR count). The third-order valence-electron chi connectivity index (χ3n) is 1.63. The van der Waals surface area contributed by atoms with Gasteiger partial charge in [-0.1, -0.05) is 6.92 Å². The molecule has 0 aromatic carbocycles. The second kappa shape index (κ2) is 7.93. The lowest BCUT2D eigenvalue weighted by molar-refractivity contribution is 0.285. The van der Waals surface area contributed by atoms with Gasteiger partial charge in [-0.2, -0.15) is 17.9 Å². The average molecular weight is 200 g/mol. The Bertz CT molecular complexity index is 189. The summed E-state index contributed by atoms with van der Waals surface area (Å²) in [5.41, 5.74) is 0. The molecule has 0 bridgehead atoms. The molecule has 0 saturated carbocycles. The Morgan fingerprint density at radius 2 is 2.31 bits per heavy atom. The molecule has 1 atom stereocenters. The molecule has 4 heteroatoms. The van der Waals surface area contributed by atoms with Crippen molar-refractivity contribution in [2.45, 2.75) is 37.9 Å². The number of hydrogen-bond donors (Lipinski definition) is 2. The van der Waals surface area contributed by atoms with E-state index in [1.165, 1.54) is 0 Å². The SMILES string of the molecule is CCC(S)C(=N)OCCCCC#N. The van der Waals surface area contributed by atoms with E-state index in [9.17, 15) is 0 Å². The highest BCUT2D eigenvalue weighted by molar-refractivity contribution is 7.81. The maximum atomic E-state index is 8.26. The number of hydrogen-bond acceptors (Lipinski definition) is 4. The van der Waals surface area contributed by atoms with Crippen LogP contribution in [0.2, 0.25) is 0 Å². The normalized spacial score (nSPS) is 11.8. The lowest BCUT2D eigenvalue weighted by Crippen LogP contribution is -2.16. The van der Waals surface area contributed by atoms with Gasteiger partial charge in [0.2, 0.25) is 0 Å². The van der Waals surface area contributed by atoms with Crippen LogP contribution < -0.4 is 0 Å². The van der Waals surface area contributed by atoms with Crippen LogP contribution in [0.5, 0.6) is 0 Å². The molecule has 74 valence electrons. The summed E-state index contributed by atoms with van der Waals surface area (Å²) in [6.07, 6.45) is 3.04. The minimum absolute atomic E-state index is 0.0871. The van der Waals surface area contributed by atoms with Crippen LogP contribution in [0.15, 0.2) is 0 Å². The van der Waals surface area contributed by atoms with Gasteiger partial charge in [-0.05, 0) is 19.3 Å².